The predicted molar refractivity (Wildman–Crippen MR) is 124 cm³/mol. The fraction of sp³-hybridized carbons (Fsp3) is 0.318. The quantitative estimate of drug-likeness (QED) is 0.499. The lowest BCUT2D eigenvalue weighted by molar-refractivity contribution is -0.155. The molecule has 2 amide bonds. The molecule has 0 saturated carbocycles. The van der Waals surface area contributed by atoms with Gasteiger partial charge < -0.3 is 19.3 Å². The van der Waals surface area contributed by atoms with Crippen molar-refractivity contribution in [3.8, 4) is 5.06 Å². The number of nitrogens with zero attached hydrogens (tertiary/aromatic N) is 3. The molecule has 3 aromatic rings. The summed E-state index contributed by atoms with van der Waals surface area (Å²) in [4.78, 5) is 33.6. The lowest BCUT2D eigenvalue weighted by Gasteiger charge is -2.40. The van der Waals surface area contributed by atoms with E-state index in [2.05, 4.69) is 4.98 Å². The van der Waals surface area contributed by atoms with E-state index in [-0.39, 0.29) is 25.0 Å². The topological polar surface area (TPSA) is 72.0 Å². The number of thiophene rings is 1. The minimum absolute atomic E-state index is 0.107. The van der Waals surface area contributed by atoms with Gasteiger partial charge in [-0.2, -0.15) is 0 Å². The number of fused-ring (bicyclic) bond motifs is 1. The number of benzene rings is 1. The van der Waals surface area contributed by atoms with Crippen LogP contribution in [0.2, 0.25) is 9.36 Å². The van der Waals surface area contributed by atoms with Crippen molar-refractivity contribution in [1.29, 1.82) is 0 Å². The van der Waals surface area contributed by atoms with E-state index in [0.717, 1.165) is 16.5 Å². The maximum absolute atomic E-state index is 13.2. The van der Waals surface area contributed by atoms with Crippen LogP contribution in [0.15, 0.2) is 42.6 Å². The van der Waals surface area contributed by atoms with Crippen molar-refractivity contribution in [3.63, 3.8) is 0 Å². The number of carbonyl (C=O) groups excluding carboxylic acids is 2. The minimum atomic E-state index is -0.712. The fourth-order valence-electron chi connectivity index (χ4n) is 3.64. The molecule has 1 saturated heterocycles. The third-order valence-electron chi connectivity index (χ3n) is 5.21. The first-order valence-electron chi connectivity index (χ1n) is 9.94. The van der Waals surface area contributed by atoms with Crippen LogP contribution in [0.1, 0.15) is 5.69 Å². The zero-order valence-electron chi connectivity index (χ0n) is 17.3. The van der Waals surface area contributed by atoms with Gasteiger partial charge in [0.1, 0.15) is 6.04 Å². The lowest BCUT2D eigenvalue weighted by Crippen LogP contribution is -2.60. The molecule has 0 N–H and O–H groups in total. The summed E-state index contributed by atoms with van der Waals surface area (Å²) in [6.45, 7) is 1.07. The SMILES string of the molecule is COCC1C(=O)N(Cc2cc3ccc(Cl)cc3cn2)CCN1C(=O)COc1ccc(Cl)s1. The van der Waals surface area contributed by atoms with Crippen LogP contribution < -0.4 is 4.74 Å². The Balaban J connectivity index is 1.43. The van der Waals surface area contributed by atoms with Crippen molar-refractivity contribution in [2.24, 2.45) is 0 Å². The standard InChI is InChI=1S/C22H21Cl2N3O4S/c1-30-12-18-22(29)26(11-17-9-14-2-3-16(23)8-15(14)10-25-17)6-7-27(18)20(28)13-31-21-5-4-19(24)32-21/h2-5,8-10,18H,6-7,11-13H2,1H3. The van der Waals surface area contributed by atoms with Crippen molar-refractivity contribution >= 4 is 57.1 Å². The monoisotopic (exact) mass is 493 g/mol. The van der Waals surface area contributed by atoms with Gasteiger partial charge in [-0.15, -0.1) is 0 Å². The number of piperazine rings is 1. The summed E-state index contributed by atoms with van der Waals surface area (Å²) in [6, 6.07) is 10.2. The molecule has 1 aromatic carbocycles. The average molecular weight is 494 g/mol. The highest BCUT2D eigenvalue weighted by Gasteiger charge is 2.37. The molecule has 32 heavy (non-hydrogen) atoms. The molecule has 7 nitrogen and oxygen atoms in total. The van der Waals surface area contributed by atoms with Gasteiger partial charge in [0.2, 0.25) is 5.91 Å². The maximum Gasteiger partial charge on any atom is 0.261 e. The molecule has 1 aliphatic heterocycles. The normalized spacial score (nSPS) is 16.6. The van der Waals surface area contributed by atoms with E-state index in [1.807, 2.05) is 24.3 Å². The third-order valence-corrected chi connectivity index (χ3v) is 6.59. The summed E-state index contributed by atoms with van der Waals surface area (Å²) in [5, 5.41) is 3.14. The highest BCUT2D eigenvalue weighted by atomic mass is 35.5. The number of pyridine rings is 1. The van der Waals surface area contributed by atoms with Crippen molar-refractivity contribution in [2.45, 2.75) is 12.6 Å². The molecule has 0 bridgehead atoms. The van der Waals surface area contributed by atoms with Gasteiger partial charge in [0.25, 0.3) is 5.91 Å². The van der Waals surface area contributed by atoms with E-state index >= 15 is 0 Å². The fourth-order valence-corrected chi connectivity index (χ4v) is 4.70. The summed E-state index contributed by atoms with van der Waals surface area (Å²) < 4.78 is 11.4. The Kier molecular flexibility index (Phi) is 7.15. The van der Waals surface area contributed by atoms with Gasteiger partial charge in [-0.1, -0.05) is 40.6 Å². The molecule has 2 aromatic heterocycles. The van der Waals surface area contributed by atoms with Crippen LogP contribution in [0.3, 0.4) is 0 Å². The number of halogens is 2. The van der Waals surface area contributed by atoms with E-state index < -0.39 is 6.04 Å². The van der Waals surface area contributed by atoms with Gasteiger partial charge in [0.05, 0.1) is 23.2 Å². The number of aromatic nitrogens is 1. The largest absolute Gasteiger partial charge is 0.474 e. The predicted octanol–water partition coefficient (Wildman–Crippen LogP) is 3.87. The van der Waals surface area contributed by atoms with Crippen LogP contribution in [0.25, 0.3) is 10.8 Å². The molecule has 4 rings (SSSR count). The molecule has 1 fully saturated rings. The second-order valence-electron chi connectivity index (χ2n) is 7.33. The smallest absolute Gasteiger partial charge is 0.261 e. The van der Waals surface area contributed by atoms with Gasteiger partial charge in [-0.05, 0) is 35.7 Å². The summed E-state index contributed by atoms with van der Waals surface area (Å²) in [5.41, 5.74) is 0.766. The van der Waals surface area contributed by atoms with Crippen molar-refractivity contribution in [3.05, 3.63) is 57.6 Å². The highest BCUT2D eigenvalue weighted by Crippen LogP contribution is 2.28. The molecule has 3 heterocycles. The number of hydrogen-bond acceptors (Lipinski definition) is 6. The van der Waals surface area contributed by atoms with Crippen LogP contribution in [0.5, 0.6) is 5.06 Å². The van der Waals surface area contributed by atoms with Gasteiger partial charge in [0, 0.05) is 36.8 Å². The van der Waals surface area contributed by atoms with Gasteiger partial charge in [-0.3, -0.25) is 14.6 Å². The first kappa shape index (κ1) is 22.8. The van der Waals surface area contributed by atoms with Crippen molar-refractivity contribution < 1.29 is 19.1 Å². The summed E-state index contributed by atoms with van der Waals surface area (Å²) >= 11 is 13.2. The molecule has 0 radical (unpaired) electrons. The minimum Gasteiger partial charge on any atom is -0.474 e. The molecule has 1 unspecified atom stereocenters. The number of ether oxygens (including phenoxy) is 2. The number of amides is 2. The number of carbonyl (C=O) groups is 2. The van der Waals surface area contributed by atoms with Gasteiger partial charge in [-0.25, -0.2) is 0 Å². The van der Waals surface area contributed by atoms with Gasteiger partial charge in [0.15, 0.2) is 11.7 Å². The molecule has 0 spiro atoms. The Hall–Kier alpha value is -2.39. The number of methoxy groups -OCH3 is 1. The van der Waals surface area contributed by atoms with E-state index in [4.69, 9.17) is 32.7 Å². The van der Waals surface area contributed by atoms with Crippen molar-refractivity contribution in [1.82, 2.24) is 14.8 Å². The number of hydrogen-bond donors (Lipinski definition) is 0. The molecular weight excluding hydrogens is 473 g/mol. The summed E-state index contributed by atoms with van der Waals surface area (Å²) in [7, 11) is 1.51. The van der Waals surface area contributed by atoms with Crippen LogP contribution >= 0.6 is 34.5 Å². The molecule has 1 atom stereocenters. The Morgan fingerprint density at radius 2 is 2.03 bits per heavy atom. The zero-order chi connectivity index (χ0) is 22.7. The summed E-state index contributed by atoms with van der Waals surface area (Å²) in [6.07, 6.45) is 1.75. The van der Waals surface area contributed by atoms with Crippen LogP contribution in [0, 0.1) is 0 Å². The molecular formula is C22H21Cl2N3O4S. The average Bonchev–Trinajstić information content (AvgIpc) is 3.20. The molecule has 0 aliphatic carbocycles. The Bertz CT molecular complexity index is 1140. The van der Waals surface area contributed by atoms with E-state index in [1.165, 1.54) is 23.3 Å². The molecule has 1 aliphatic rings. The third kappa shape index (κ3) is 5.15. The highest BCUT2D eigenvalue weighted by molar-refractivity contribution is 7.17. The van der Waals surface area contributed by atoms with E-state index in [1.54, 1.807) is 23.2 Å². The molecule has 168 valence electrons. The van der Waals surface area contributed by atoms with Crippen molar-refractivity contribution in [2.75, 3.05) is 33.4 Å². The van der Waals surface area contributed by atoms with E-state index in [0.29, 0.717) is 34.1 Å². The Morgan fingerprint density at radius 3 is 2.78 bits per heavy atom. The summed E-state index contributed by atoms with van der Waals surface area (Å²) in [5.74, 6) is -0.450. The lowest BCUT2D eigenvalue weighted by atomic mass is 10.1. The van der Waals surface area contributed by atoms with Gasteiger partial charge >= 0.3 is 0 Å². The second-order valence-corrected chi connectivity index (χ2v) is 9.45. The first-order chi connectivity index (χ1) is 15.4. The number of rotatable bonds is 7. The second kappa shape index (κ2) is 10.0. The first-order valence-corrected chi connectivity index (χ1v) is 11.5. The molecule has 10 heteroatoms. The Labute approximate surface area is 199 Å². The van der Waals surface area contributed by atoms with Crippen LogP contribution in [0.4, 0.5) is 0 Å². The van der Waals surface area contributed by atoms with Crippen LogP contribution in [-0.2, 0) is 20.9 Å². The Morgan fingerprint density at radius 1 is 1.19 bits per heavy atom. The van der Waals surface area contributed by atoms with E-state index in [9.17, 15) is 9.59 Å². The maximum atomic E-state index is 13.2. The van der Waals surface area contributed by atoms with Crippen LogP contribution in [-0.4, -0.2) is 66.1 Å². The zero-order valence-corrected chi connectivity index (χ0v) is 19.6.